The molecule has 0 aliphatic rings. The van der Waals surface area contributed by atoms with Crippen LogP contribution in [0.25, 0.3) is 0 Å². The standard InChI is InChI=1S/C17H27N3/c1-5-9-19-13-15-7-8-17(16(11-15)12-18)20(10-6-2)14(3)4/h7-8,11,14,19H,5-6,9-10,13H2,1-4H3. The highest BCUT2D eigenvalue weighted by molar-refractivity contribution is 5.61. The maximum atomic E-state index is 9.42. The number of hydrogen-bond donors (Lipinski definition) is 1. The van der Waals surface area contributed by atoms with Gasteiger partial charge in [-0.2, -0.15) is 5.26 Å². The monoisotopic (exact) mass is 273 g/mol. The van der Waals surface area contributed by atoms with Crippen molar-refractivity contribution in [2.45, 2.75) is 53.1 Å². The second kappa shape index (κ2) is 8.60. The summed E-state index contributed by atoms with van der Waals surface area (Å²) in [5, 5.41) is 12.8. The molecule has 0 amide bonds. The third-order valence-corrected chi connectivity index (χ3v) is 3.33. The van der Waals surface area contributed by atoms with Crippen molar-refractivity contribution >= 4 is 5.69 Å². The van der Waals surface area contributed by atoms with Crippen LogP contribution in [0, 0.1) is 11.3 Å². The molecule has 3 heteroatoms. The average molecular weight is 273 g/mol. The predicted molar refractivity (Wildman–Crippen MR) is 85.9 cm³/mol. The average Bonchev–Trinajstić information content (AvgIpc) is 2.45. The highest BCUT2D eigenvalue weighted by atomic mass is 15.1. The third-order valence-electron chi connectivity index (χ3n) is 3.33. The molecule has 0 saturated carbocycles. The molecule has 0 spiro atoms. The Bertz CT molecular complexity index is 446. The van der Waals surface area contributed by atoms with E-state index in [4.69, 9.17) is 0 Å². The van der Waals surface area contributed by atoms with E-state index in [1.807, 2.05) is 6.07 Å². The summed E-state index contributed by atoms with van der Waals surface area (Å²) in [6.45, 7) is 11.5. The normalized spacial score (nSPS) is 10.6. The SMILES string of the molecule is CCCNCc1ccc(N(CCC)C(C)C)c(C#N)c1. The number of anilines is 1. The van der Waals surface area contributed by atoms with Gasteiger partial charge in [-0.3, -0.25) is 0 Å². The van der Waals surface area contributed by atoms with Crippen LogP contribution in [0.3, 0.4) is 0 Å². The van der Waals surface area contributed by atoms with Crippen molar-refractivity contribution < 1.29 is 0 Å². The van der Waals surface area contributed by atoms with Crippen molar-refractivity contribution in [1.82, 2.24) is 5.32 Å². The van der Waals surface area contributed by atoms with Gasteiger partial charge < -0.3 is 10.2 Å². The van der Waals surface area contributed by atoms with Gasteiger partial charge in [-0.05, 0) is 50.9 Å². The molecule has 0 atom stereocenters. The van der Waals surface area contributed by atoms with Crippen LogP contribution in [-0.2, 0) is 6.54 Å². The lowest BCUT2D eigenvalue weighted by molar-refractivity contribution is 0.666. The second-order valence-corrected chi connectivity index (χ2v) is 5.43. The van der Waals surface area contributed by atoms with Crippen molar-refractivity contribution in [2.24, 2.45) is 0 Å². The van der Waals surface area contributed by atoms with E-state index in [-0.39, 0.29) is 0 Å². The summed E-state index contributed by atoms with van der Waals surface area (Å²) in [6, 6.07) is 9.00. The fourth-order valence-corrected chi connectivity index (χ4v) is 2.34. The van der Waals surface area contributed by atoms with Crippen LogP contribution in [0.2, 0.25) is 0 Å². The third kappa shape index (κ3) is 4.54. The zero-order valence-electron chi connectivity index (χ0n) is 13.2. The minimum atomic E-state index is 0.408. The molecule has 3 nitrogen and oxygen atoms in total. The lowest BCUT2D eigenvalue weighted by atomic mass is 10.1. The van der Waals surface area contributed by atoms with E-state index in [1.54, 1.807) is 0 Å². The number of benzene rings is 1. The Morgan fingerprint density at radius 2 is 2.00 bits per heavy atom. The van der Waals surface area contributed by atoms with Gasteiger partial charge in [0.25, 0.3) is 0 Å². The molecule has 0 bridgehead atoms. The molecule has 1 N–H and O–H groups in total. The first kappa shape index (κ1) is 16.5. The van der Waals surface area contributed by atoms with Crippen LogP contribution in [0.15, 0.2) is 18.2 Å². The van der Waals surface area contributed by atoms with Crippen LogP contribution in [0.1, 0.15) is 51.7 Å². The quantitative estimate of drug-likeness (QED) is 0.734. The Morgan fingerprint density at radius 3 is 2.55 bits per heavy atom. The van der Waals surface area contributed by atoms with Crippen molar-refractivity contribution in [1.29, 1.82) is 5.26 Å². The van der Waals surface area contributed by atoms with Crippen molar-refractivity contribution in [3.8, 4) is 6.07 Å². The maximum Gasteiger partial charge on any atom is 0.101 e. The summed E-state index contributed by atoms with van der Waals surface area (Å²) in [6.07, 6.45) is 2.21. The van der Waals surface area contributed by atoms with Gasteiger partial charge in [-0.15, -0.1) is 0 Å². The zero-order valence-corrected chi connectivity index (χ0v) is 13.2. The van der Waals surface area contributed by atoms with Gasteiger partial charge in [0.1, 0.15) is 6.07 Å². The highest BCUT2D eigenvalue weighted by Gasteiger charge is 2.14. The summed E-state index contributed by atoms with van der Waals surface area (Å²) in [5.74, 6) is 0. The van der Waals surface area contributed by atoms with E-state index in [2.05, 4.69) is 56.1 Å². The summed E-state index contributed by atoms with van der Waals surface area (Å²) in [7, 11) is 0. The van der Waals surface area contributed by atoms with Crippen molar-refractivity contribution in [3.63, 3.8) is 0 Å². The van der Waals surface area contributed by atoms with E-state index in [1.165, 1.54) is 5.56 Å². The summed E-state index contributed by atoms with van der Waals surface area (Å²) >= 11 is 0. The van der Waals surface area contributed by atoms with Gasteiger partial charge >= 0.3 is 0 Å². The Hall–Kier alpha value is -1.53. The number of nitrogens with one attached hydrogen (secondary N) is 1. The van der Waals surface area contributed by atoms with Crippen LogP contribution in [0.4, 0.5) is 5.69 Å². The topological polar surface area (TPSA) is 39.1 Å². The van der Waals surface area contributed by atoms with Crippen LogP contribution < -0.4 is 10.2 Å². The molecule has 0 aromatic heterocycles. The number of nitriles is 1. The molecule has 1 aromatic carbocycles. The van der Waals surface area contributed by atoms with E-state index in [0.29, 0.717) is 6.04 Å². The molecule has 0 fully saturated rings. The van der Waals surface area contributed by atoms with Gasteiger partial charge in [-0.1, -0.05) is 19.9 Å². The number of hydrogen-bond acceptors (Lipinski definition) is 3. The van der Waals surface area contributed by atoms with Gasteiger partial charge in [0.15, 0.2) is 0 Å². The van der Waals surface area contributed by atoms with E-state index in [9.17, 15) is 5.26 Å². The van der Waals surface area contributed by atoms with E-state index in [0.717, 1.165) is 43.7 Å². The minimum Gasteiger partial charge on any atom is -0.368 e. The van der Waals surface area contributed by atoms with Gasteiger partial charge in [0.05, 0.1) is 11.3 Å². The lowest BCUT2D eigenvalue weighted by Crippen LogP contribution is -2.32. The molecular weight excluding hydrogens is 246 g/mol. The summed E-state index contributed by atoms with van der Waals surface area (Å²) in [4.78, 5) is 2.31. The van der Waals surface area contributed by atoms with Gasteiger partial charge in [0, 0.05) is 19.1 Å². The molecule has 1 aromatic rings. The van der Waals surface area contributed by atoms with E-state index >= 15 is 0 Å². The predicted octanol–water partition coefficient (Wildman–Crippen LogP) is 3.68. The smallest absolute Gasteiger partial charge is 0.101 e. The summed E-state index contributed by atoms with van der Waals surface area (Å²) < 4.78 is 0. The van der Waals surface area contributed by atoms with Gasteiger partial charge in [0.2, 0.25) is 0 Å². The molecule has 110 valence electrons. The lowest BCUT2D eigenvalue weighted by Gasteiger charge is -2.29. The Kier molecular flexibility index (Phi) is 7.11. The largest absolute Gasteiger partial charge is 0.368 e. The summed E-state index contributed by atoms with van der Waals surface area (Å²) in [5.41, 5.74) is 3.02. The molecule has 1 rings (SSSR count). The van der Waals surface area contributed by atoms with Crippen LogP contribution >= 0.6 is 0 Å². The molecule has 0 aliphatic carbocycles. The van der Waals surface area contributed by atoms with Gasteiger partial charge in [-0.25, -0.2) is 0 Å². The molecule has 0 heterocycles. The highest BCUT2D eigenvalue weighted by Crippen LogP contribution is 2.23. The first-order valence-electron chi connectivity index (χ1n) is 7.64. The minimum absolute atomic E-state index is 0.408. The second-order valence-electron chi connectivity index (χ2n) is 5.43. The number of nitrogens with zero attached hydrogens (tertiary/aromatic N) is 2. The fourth-order valence-electron chi connectivity index (χ4n) is 2.34. The molecule has 20 heavy (non-hydrogen) atoms. The Labute approximate surface area is 123 Å². The van der Waals surface area contributed by atoms with Crippen LogP contribution in [-0.4, -0.2) is 19.1 Å². The molecular formula is C17H27N3. The van der Waals surface area contributed by atoms with Crippen LogP contribution in [0.5, 0.6) is 0 Å². The first-order valence-corrected chi connectivity index (χ1v) is 7.64. The first-order chi connectivity index (χ1) is 9.63. The van der Waals surface area contributed by atoms with Crippen molar-refractivity contribution in [2.75, 3.05) is 18.0 Å². The fraction of sp³-hybridized carbons (Fsp3) is 0.588. The molecule has 0 radical (unpaired) electrons. The molecule has 0 aliphatic heterocycles. The number of rotatable bonds is 8. The Morgan fingerprint density at radius 1 is 1.25 bits per heavy atom. The maximum absolute atomic E-state index is 9.42. The van der Waals surface area contributed by atoms with E-state index < -0.39 is 0 Å². The van der Waals surface area contributed by atoms with Crippen molar-refractivity contribution in [3.05, 3.63) is 29.3 Å². The zero-order chi connectivity index (χ0) is 15.0. The Balaban J connectivity index is 2.94. The molecule has 0 saturated heterocycles. The molecule has 0 unspecified atom stereocenters.